The molecule has 2 aromatic heterocycles. The van der Waals surface area contributed by atoms with E-state index in [1.807, 2.05) is 0 Å². The van der Waals surface area contributed by atoms with Crippen LogP contribution < -0.4 is 15.8 Å². The van der Waals surface area contributed by atoms with Gasteiger partial charge in [0.15, 0.2) is 0 Å². The highest BCUT2D eigenvalue weighted by atomic mass is 32.2. The summed E-state index contributed by atoms with van der Waals surface area (Å²) in [5, 5.41) is 14.9. The van der Waals surface area contributed by atoms with E-state index in [9.17, 15) is 23.1 Å². The highest BCUT2D eigenvalue weighted by molar-refractivity contribution is 7.88. The predicted octanol–water partition coefficient (Wildman–Crippen LogP) is 2.47. The molecule has 38 heavy (non-hydrogen) atoms. The van der Waals surface area contributed by atoms with E-state index in [0.717, 1.165) is 6.42 Å². The Hall–Kier alpha value is -2.77. The minimum Gasteiger partial charge on any atom is -0.443 e. The number of nitrogens with zero attached hydrogens (tertiary/aromatic N) is 5. The Labute approximate surface area is 223 Å². The fourth-order valence-corrected chi connectivity index (χ4v) is 6.06. The monoisotopic (exact) mass is 550 g/mol. The number of ether oxygens (including phenoxy) is 1. The molecule has 2 atom stereocenters. The van der Waals surface area contributed by atoms with E-state index >= 15 is 0 Å². The molecular formula is C25H38N6O6S. The van der Waals surface area contributed by atoms with Gasteiger partial charge in [0.05, 0.1) is 17.9 Å². The van der Waals surface area contributed by atoms with Crippen LogP contribution in [0.15, 0.2) is 17.1 Å². The Balaban J connectivity index is 1.72. The van der Waals surface area contributed by atoms with Crippen LogP contribution in [-0.4, -0.2) is 82.1 Å². The summed E-state index contributed by atoms with van der Waals surface area (Å²) < 4.78 is 32.1. The van der Waals surface area contributed by atoms with Gasteiger partial charge in [-0.25, -0.2) is 22.5 Å². The SMILES string of the molecule is CN(C(=O)OC(C)(C)C)c1cc2cnc(NC3CCN(S(C)(=O)=O)CC3)nc2n([C@@H]2CCC[C@@]2(C)O)c1=O. The van der Waals surface area contributed by atoms with Gasteiger partial charge in [0.1, 0.15) is 16.9 Å². The molecule has 4 rings (SSSR count). The minimum atomic E-state index is -3.23. The first-order chi connectivity index (χ1) is 17.6. The molecule has 13 heteroatoms. The van der Waals surface area contributed by atoms with Crippen molar-refractivity contribution in [1.82, 2.24) is 18.8 Å². The molecule has 3 heterocycles. The van der Waals surface area contributed by atoms with Crippen molar-refractivity contribution in [3.8, 4) is 0 Å². The molecule has 2 aliphatic rings. The number of amides is 1. The second kappa shape index (κ2) is 10.1. The molecule has 0 spiro atoms. The number of aromatic nitrogens is 3. The molecule has 0 radical (unpaired) electrons. The maximum absolute atomic E-state index is 13.9. The third kappa shape index (κ3) is 5.94. The number of hydrogen-bond donors (Lipinski definition) is 2. The first-order valence-electron chi connectivity index (χ1n) is 12.9. The van der Waals surface area contributed by atoms with Gasteiger partial charge in [0.25, 0.3) is 5.56 Å². The van der Waals surface area contributed by atoms with Crippen LogP contribution in [0.2, 0.25) is 0 Å². The molecule has 210 valence electrons. The fraction of sp³-hybridized carbons (Fsp3) is 0.680. The molecule has 12 nitrogen and oxygen atoms in total. The number of pyridine rings is 1. The molecule has 0 aromatic carbocycles. The third-order valence-electron chi connectivity index (χ3n) is 7.23. The number of carbonyl (C=O) groups is 1. The Morgan fingerprint density at radius 1 is 1.26 bits per heavy atom. The number of sulfonamides is 1. The molecule has 1 saturated carbocycles. The van der Waals surface area contributed by atoms with Gasteiger partial charge in [-0.05, 0) is 65.9 Å². The van der Waals surface area contributed by atoms with Crippen LogP contribution in [0.25, 0.3) is 11.0 Å². The van der Waals surface area contributed by atoms with Crippen molar-refractivity contribution in [2.75, 3.05) is 36.6 Å². The Bertz CT molecular complexity index is 1380. The van der Waals surface area contributed by atoms with Crippen LogP contribution in [0, 0.1) is 0 Å². The molecule has 2 N–H and O–H groups in total. The fourth-order valence-electron chi connectivity index (χ4n) is 5.19. The van der Waals surface area contributed by atoms with E-state index in [-0.39, 0.29) is 11.7 Å². The largest absolute Gasteiger partial charge is 0.443 e. The Kier molecular flexibility index (Phi) is 7.49. The maximum atomic E-state index is 13.9. The van der Waals surface area contributed by atoms with Gasteiger partial charge in [0, 0.05) is 37.8 Å². The van der Waals surface area contributed by atoms with Gasteiger partial charge in [-0.1, -0.05) is 0 Å². The zero-order chi connectivity index (χ0) is 28.0. The Morgan fingerprint density at radius 2 is 1.92 bits per heavy atom. The van der Waals surface area contributed by atoms with E-state index in [2.05, 4.69) is 15.3 Å². The number of fused-ring (bicyclic) bond motifs is 1. The summed E-state index contributed by atoms with van der Waals surface area (Å²) in [6, 6.07) is 0.999. The highest BCUT2D eigenvalue weighted by Crippen LogP contribution is 2.40. The predicted molar refractivity (Wildman–Crippen MR) is 145 cm³/mol. The quantitative estimate of drug-likeness (QED) is 0.573. The standard InChI is InChI=1S/C25H38N6O6S/c1-24(2,3)37-23(33)29(5)18-14-16-15-26-22(27-17-9-12-30(13-10-17)38(6,35)36)28-20(16)31(21(18)32)19-8-7-11-25(19,4)34/h14-15,17,19,34H,7-13H2,1-6H3,(H,26,27,28)/t19-,25-/m1/s1. The number of anilines is 2. The van der Waals surface area contributed by atoms with Gasteiger partial charge in [-0.3, -0.25) is 14.3 Å². The van der Waals surface area contributed by atoms with Crippen LogP contribution in [-0.2, 0) is 14.8 Å². The molecule has 0 bridgehead atoms. The average molecular weight is 551 g/mol. The summed E-state index contributed by atoms with van der Waals surface area (Å²) >= 11 is 0. The van der Waals surface area contributed by atoms with Gasteiger partial charge >= 0.3 is 6.09 Å². The number of rotatable bonds is 5. The lowest BCUT2D eigenvalue weighted by Crippen LogP contribution is -2.42. The second-order valence-corrected chi connectivity index (χ2v) is 13.5. The van der Waals surface area contributed by atoms with E-state index in [4.69, 9.17) is 4.74 Å². The summed E-state index contributed by atoms with van der Waals surface area (Å²) in [4.78, 5) is 36.9. The molecule has 2 fully saturated rings. The van der Waals surface area contributed by atoms with E-state index in [0.29, 0.717) is 55.8 Å². The lowest BCUT2D eigenvalue weighted by Gasteiger charge is -2.31. The smallest absolute Gasteiger partial charge is 0.414 e. The zero-order valence-corrected chi connectivity index (χ0v) is 23.7. The van der Waals surface area contributed by atoms with E-state index in [1.54, 1.807) is 40.0 Å². The van der Waals surface area contributed by atoms with Crippen molar-refractivity contribution in [1.29, 1.82) is 0 Å². The molecular weight excluding hydrogens is 512 g/mol. The molecule has 1 aliphatic heterocycles. The van der Waals surface area contributed by atoms with Crippen LogP contribution >= 0.6 is 0 Å². The lowest BCUT2D eigenvalue weighted by molar-refractivity contribution is 0.0267. The molecule has 1 aliphatic carbocycles. The van der Waals surface area contributed by atoms with Crippen LogP contribution in [0.4, 0.5) is 16.4 Å². The van der Waals surface area contributed by atoms with Crippen LogP contribution in [0.1, 0.15) is 65.8 Å². The number of piperidine rings is 1. The number of nitrogens with one attached hydrogen (secondary N) is 1. The lowest BCUT2D eigenvalue weighted by atomic mass is 10.00. The third-order valence-corrected chi connectivity index (χ3v) is 8.53. The number of carbonyl (C=O) groups excluding carboxylic acids is 1. The van der Waals surface area contributed by atoms with Crippen molar-refractivity contribution in [2.45, 2.75) is 83.1 Å². The number of hydrogen-bond acceptors (Lipinski definition) is 9. The van der Waals surface area contributed by atoms with E-state index in [1.165, 1.54) is 27.1 Å². The van der Waals surface area contributed by atoms with Gasteiger partial charge in [-0.15, -0.1) is 0 Å². The summed E-state index contributed by atoms with van der Waals surface area (Å²) in [6.45, 7) is 7.77. The van der Waals surface area contributed by atoms with Gasteiger partial charge in [0.2, 0.25) is 16.0 Å². The summed E-state index contributed by atoms with van der Waals surface area (Å²) in [5.74, 6) is 0.314. The van der Waals surface area contributed by atoms with Crippen molar-refractivity contribution in [2.24, 2.45) is 0 Å². The van der Waals surface area contributed by atoms with Crippen molar-refractivity contribution < 1.29 is 23.1 Å². The van der Waals surface area contributed by atoms with Crippen molar-refractivity contribution in [3.05, 3.63) is 22.6 Å². The molecule has 2 aromatic rings. The molecule has 0 unspecified atom stereocenters. The van der Waals surface area contributed by atoms with Crippen LogP contribution in [0.5, 0.6) is 0 Å². The first-order valence-corrected chi connectivity index (χ1v) is 14.7. The number of aliphatic hydroxyl groups is 1. The minimum absolute atomic E-state index is 0.0298. The van der Waals surface area contributed by atoms with E-state index < -0.39 is 38.9 Å². The summed E-state index contributed by atoms with van der Waals surface area (Å²) in [5.41, 5.74) is -1.86. The first kappa shape index (κ1) is 28.2. The van der Waals surface area contributed by atoms with Gasteiger partial charge < -0.3 is 15.2 Å². The highest BCUT2D eigenvalue weighted by Gasteiger charge is 2.40. The zero-order valence-electron chi connectivity index (χ0n) is 22.9. The normalized spacial score (nSPS) is 23.5. The van der Waals surface area contributed by atoms with Crippen molar-refractivity contribution >= 4 is 38.8 Å². The summed E-state index contributed by atoms with van der Waals surface area (Å²) in [7, 11) is -1.75. The maximum Gasteiger partial charge on any atom is 0.414 e. The summed E-state index contributed by atoms with van der Waals surface area (Å²) in [6.07, 6.45) is 5.17. The Morgan fingerprint density at radius 3 is 2.47 bits per heavy atom. The molecule has 1 saturated heterocycles. The average Bonchev–Trinajstić information content (AvgIpc) is 3.15. The van der Waals surface area contributed by atoms with Gasteiger partial charge in [-0.2, -0.15) is 4.98 Å². The topological polar surface area (TPSA) is 147 Å². The second-order valence-electron chi connectivity index (χ2n) is 11.6. The van der Waals surface area contributed by atoms with Crippen molar-refractivity contribution in [3.63, 3.8) is 0 Å². The van der Waals surface area contributed by atoms with Crippen LogP contribution in [0.3, 0.4) is 0 Å². The molecule has 1 amide bonds.